The molecule has 1 aromatic rings. The van der Waals surface area contributed by atoms with Gasteiger partial charge in [0.1, 0.15) is 5.75 Å². The molecule has 1 aromatic carbocycles. The molecule has 0 amide bonds. The summed E-state index contributed by atoms with van der Waals surface area (Å²) in [6.45, 7) is 5.13. The Bertz CT molecular complexity index is 560. The smallest absolute Gasteiger partial charge is 0.384 e. The van der Waals surface area contributed by atoms with E-state index in [9.17, 15) is 18.1 Å². The maximum Gasteiger partial charge on any atom is 0.384 e. The highest BCUT2D eigenvalue weighted by Gasteiger charge is 2.49. The van der Waals surface area contributed by atoms with Gasteiger partial charge in [-0.25, -0.2) is 5.09 Å². The molecular formula is C15H22F2NO4P. The third-order valence-electron chi connectivity index (χ3n) is 2.85. The first-order valence-electron chi connectivity index (χ1n) is 7.23. The van der Waals surface area contributed by atoms with Crippen LogP contribution < -0.4 is 9.61 Å². The third kappa shape index (κ3) is 5.92. The van der Waals surface area contributed by atoms with Gasteiger partial charge in [0, 0.05) is 13.5 Å². The van der Waals surface area contributed by atoms with Crippen molar-refractivity contribution in [3.05, 3.63) is 30.3 Å². The van der Waals surface area contributed by atoms with Crippen LogP contribution in [0.15, 0.2) is 30.3 Å². The lowest BCUT2D eigenvalue weighted by atomic mass is 10.2. The topological polar surface area (TPSA) is 64.6 Å². The van der Waals surface area contributed by atoms with Crippen molar-refractivity contribution < 1.29 is 27.4 Å². The molecule has 0 aliphatic carbocycles. The van der Waals surface area contributed by atoms with Crippen molar-refractivity contribution in [1.29, 1.82) is 0 Å². The number of nitrogens with one attached hydrogen (secondary N) is 1. The molecule has 5 nitrogen and oxygen atoms in total. The number of para-hydroxylation sites is 1. The van der Waals surface area contributed by atoms with Gasteiger partial charge in [-0.3, -0.25) is 9.36 Å². The number of carbonyl (C=O) groups excluding carboxylic acids is 1. The largest absolute Gasteiger partial charge is 0.463 e. The quantitative estimate of drug-likeness (QED) is 0.567. The first kappa shape index (κ1) is 19.6. The van der Waals surface area contributed by atoms with Gasteiger partial charge >= 0.3 is 19.2 Å². The van der Waals surface area contributed by atoms with Crippen LogP contribution in [0.2, 0.25) is 0 Å². The Labute approximate surface area is 134 Å². The molecule has 1 unspecified atom stereocenters. The summed E-state index contributed by atoms with van der Waals surface area (Å²) in [5.41, 5.74) is -3.61. The summed E-state index contributed by atoms with van der Waals surface area (Å²) in [5, 5.41) is 2.22. The van der Waals surface area contributed by atoms with E-state index in [1.165, 1.54) is 19.1 Å². The summed E-state index contributed by atoms with van der Waals surface area (Å²) in [7, 11) is -4.54. The van der Waals surface area contributed by atoms with Crippen LogP contribution in [-0.2, 0) is 14.1 Å². The second kappa shape index (κ2) is 7.88. The molecule has 0 aliphatic heterocycles. The number of esters is 1. The molecular weight excluding hydrogens is 327 g/mol. The number of hydrogen-bond donors (Lipinski definition) is 1. The summed E-state index contributed by atoms with van der Waals surface area (Å²) >= 11 is 0. The van der Waals surface area contributed by atoms with E-state index in [1.807, 2.05) is 0 Å². The molecule has 1 N–H and O–H groups in total. The monoisotopic (exact) mass is 349 g/mol. The number of ether oxygens (including phenoxy) is 1. The standard InChI is InChI=1S/C15H22F2NO4P/c1-11(2)21-14(19)12(3)10-18-23(20,15(4,16)17)22-13-8-6-5-7-9-13/h5-9,11-12H,10H2,1-4H3,(H,18,20)/t12-,23?/m0/s1. The minimum Gasteiger partial charge on any atom is -0.463 e. The molecule has 0 aliphatic rings. The fraction of sp³-hybridized carbons (Fsp3) is 0.533. The predicted octanol–water partition coefficient (Wildman–Crippen LogP) is 4.05. The lowest BCUT2D eigenvalue weighted by Gasteiger charge is -2.26. The first-order valence-corrected chi connectivity index (χ1v) is 8.86. The Kier molecular flexibility index (Phi) is 6.71. The van der Waals surface area contributed by atoms with Crippen LogP contribution in [0, 0.1) is 5.92 Å². The van der Waals surface area contributed by atoms with E-state index in [4.69, 9.17) is 9.26 Å². The van der Waals surface area contributed by atoms with E-state index in [-0.39, 0.29) is 18.4 Å². The van der Waals surface area contributed by atoms with Crippen molar-refractivity contribution in [3.8, 4) is 5.75 Å². The van der Waals surface area contributed by atoms with E-state index < -0.39 is 25.1 Å². The van der Waals surface area contributed by atoms with Crippen LogP contribution in [0.5, 0.6) is 5.75 Å². The SMILES string of the molecule is CC(C)OC(=O)[C@@H](C)CNP(=O)(Oc1ccccc1)C(C)(F)F. The lowest BCUT2D eigenvalue weighted by Crippen LogP contribution is -2.33. The van der Waals surface area contributed by atoms with Crippen molar-refractivity contribution in [2.24, 2.45) is 5.92 Å². The van der Waals surface area contributed by atoms with Crippen LogP contribution in [0.3, 0.4) is 0 Å². The summed E-state index contributed by atoms with van der Waals surface area (Å²) < 4.78 is 50.0. The van der Waals surface area contributed by atoms with Crippen LogP contribution in [0.25, 0.3) is 0 Å². The Morgan fingerprint density at radius 1 is 1.26 bits per heavy atom. The lowest BCUT2D eigenvalue weighted by molar-refractivity contribution is -0.151. The fourth-order valence-corrected chi connectivity index (χ4v) is 3.01. The molecule has 0 saturated heterocycles. The summed E-state index contributed by atoms with van der Waals surface area (Å²) in [6.07, 6.45) is -0.315. The van der Waals surface area contributed by atoms with Gasteiger partial charge in [-0.05, 0) is 26.0 Å². The van der Waals surface area contributed by atoms with Crippen molar-refractivity contribution in [1.82, 2.24) is 5.09 Å². The molecule has 0 saturated carbocycles. The van der Waals surface area contributed by atoms with Crippen molar-refractivity contribution >= 4 is 13.5 Å². The van der Waals surface area contributed by atoms with Crippen molar-refractivity contribution in [3.63, 3.8) is 0 Å². The zero-order valence-electron chi connectivity index (χ0n) is 13.6. The Morgan fingerprint density at radius 3 is 2.30 bits per heavy atom. The molecule has 0 bridgehead atoms. The fourth-order valence-electron chi connectivity index (χ4n) is 1.57. The molecule has 0 aromatic heterocycles. The van der Waals surface area contributed by atoms with E-state index in [0.717, 1.165) is 0 Å². The third-order valence-corrected chi connectivity index (χ3v) is 4.95. The van der Waals surface area contributed by atoms with Gasteiger partial charge in [-0.2, -0.15) is 8.78 Å². The van der Waals surface area contributed by atoms with Crippen LogP contribution in [-0.4, -0.2) is 24.3 Å². The van der Waals surface area contributed by atoms with Gasteiger partial charge in [0.15, 0.2) is 0 Å². The summed E-state index contributed by atoms with van der Waals surface area (Å²) in [6, 6.07) is 7.69. The van der Waals surface area contributed by atoms with Crippen LogP contribution >= 0.6 is 7.52 Å². The molecule has 0 fully saturated rings. The van der Waals surface area contributed by atoms with E-state index in [0.29, 0.717) is 6.92 Å². The van der Waals surface area contributed by atoms with E-state index in [2.05, 4.69) is 5.09 Å². The minimum absolute atomic E-state index is 0.0577. The number of halogens is 2. The number of carbonyl (C=O) groups is 1. The van der Waals surface area contributed by atoms with Gasteiger partial charge < -0.3 is 9.26 Å². The van der Waals surface area contributed by atoms with Gasteiger partial charge in [-0.15, -0.1) is 0 Å². The number of rotatable bonds is 8. The Morgan fingerprint density at radius 2 is 1.83 bits per heavy atom. The number of benzene rings is 1. The first-order chi connectivity index (χ1) is 10.5. The molecule has 8 heteroatoms. The molecule has 2 atom stereocenters. The molecule has 23 heavy (non-hydrogen) atoms. The van der Waals surface area contributed by atoms with Gasteiger partial charge in [0.25, 0.3) is 0 Å². The highest BCUT2D eigenvalue weighted by Crippen LogP contribution is 2.56. The van der Waals surface area contributed by atoms with E-state index in [1.54, 1.807) is 32.0 Å². The highest BCUT2D eigenvalue weighted by molar-refractivity contribution is 7.58. The van der Waals surface area contributed by atoms with Gasteiger partial charge in [-0.1, -0.05) is 25.1 Å². The molecule has 1 rings (SSSR count). The normalized spacial score (nSPS) is 15.8. The zero-order valence-corrected chi connectivity index (χ0v) is 14.5. The van der Waals surface area contributed by atoms with E-state index >= 15 is 0 Å². The second-order valence-electron chi connectivity index (χ2n) is 5.55. The number of alkyl halides is 2. The summed E-state index contributed by atoms with van der Waals surface area (Å²) in [4.78, 5) is 11.7. The average molecular weight is 349 g/mol. The Hall–Kier alpha value is -1.46. The minimum atomic E-state index is -4.54. The highest BCUT2D eigenvalue weighted by atomic mass is 31.2. The molecule has 130 valence electrons. The maximum atomic E-state index is 13.8. The van der Waals surface area contributed by atoms with Crippen molar-refractivity contribution in [2.75, 3.05) is 6.54 Å². The zero-order chi connectivity index (χ0) is 17.7. The predicted molar refractivity (Wildman–Crippen MR) is 83.7 cm³/mol. The average Bonchev–Trinajstić information content (AvgIpc) is 2.44. The molecule has 0 spiro atoms. The summed E-state index contributed by atoms with van der Waals surface area (Å²) in [5.74, 6) is -1.24. The molecule has 0 heterocycles. The van der Waals surface area contributed by atoms with Crippen LogP contribution in [0.4, 0.5) is 8.78 Å². The molecule has 0 radical (unpaired) electrons. The van der Waals surface area contributed by atoms with Gasteiger partial charge in [0.2, 0.25) is 0 Å². The van der Waals surface area contributed by atoms with Crippen molar-refractivity contribution in [2.45, 2.75) is 39.5 Å². The number of hydrogen-bond acceptors (Lipinski definition) is 4. The second-order valence-corrected chi connectivity index (χ2v) is 7.93. The Balaban J connectivity index is 2.80. The maximum absolute atomic E-state index is 13.8. The van der Waals surface area contributed by atoms with Crippen LogP contribution in [0.1, 0.15) is 27.7 Å². The van der Waals surface area contributed by atoms with Gasteiger partial charge in [0.05, 0.1) is 12.0 Å².